The van der Waals surface area contributed by atoms with Gasteiger partial charge in [-0.2, -0.15) is 0 Å². The van der Waals surface area contributed by atoms with E-state index in [-0.39, 0.29) is 11.3 Å². The first-order valence-electron chi connectivity index (χ1n) is 14.4. The Morgan fingerprint density at radius 3 is 2.47 bits per heavy atom. The summed E-state index contributed by atoms with van der Waals surface area (Å²) in [6.07, 6.45) is 1.74. The number of fused-ring (bicyclic) bond motifs is 1. The number of Topliss-reactive ketones (excluding diaryl/α,β-unsaturated/α-hetero) is 1. The molecular formula is C34H36N2O6S. The van der Waals surface area contributed by atoms with E-state index in [1.807, 2.05) is 32.0 Å². The average molecular weight is 601 g/mol. The molecule has 0 spiro atoms. The zero-order chi connectivity index (χ0) is 30.7. The number of aromatic nitrogens is 1. The van der Waals surface area contributed by atoms with Gasteiger partial charge in [-0.15, -0.1) is 0 Å². The van der Waals surface area contributed by atoms with E-state index >= 15 is 0 Å². The largest absolute Gasteiger partial charge is 0.507 e. The molecule has 43 heavy (non-hydrogen) atoms. The molecule has 1 aliphatic rings. The van der Waals surface area contributed by atoms with E-state index < -0.39 is 17.7 Å². The van der Waals surface area contributed by atoms with Crippen LogP contribution in [0.5, 0.6) is 17.2 Å². The Bertz CT molecular complexity index is 1670. The first-order valence-corrected chi connectivity index (χ1v) is 15.3. The van der Waals surface area contributed by atoms with Crippen LogP contribution in [0.2, 0.25) is 0 Å². The van der Waals surface area contributed by atoms with Gasteiger partial charge in [-0.3, -0.25) is 14.5 Å². The lowest BCUT2D eigenvalue weighted by atomic mass is 9.95. The summed E-state index contributed by atoms with van der Waals surface area (Å²) >= 11 is 1.32. The van der Waals surface area contributed by atoms with E-state index in [1.54, 1.807) is 49.6 Å². The van der Waals surface area contributed by atoms with E-state index in [4.69, 9.17) is 19.2 Å². The van der Waals surface area contributed by atoms with Crippen LogP contribution in [0.3, 0.4) is 0 Å². The van der Waals surface area contributed by atoms with Gasteiger partial charge in [-0.25, -0.2) is 4.98 Å². The smallest absolute Gasteiger partial charge is 0.301 e. The molecule has 1 N–H and O–H groups in total. The van der Waals surface area contributed by atoms with Crippen molar-refractivity contribution in [3.63, 3.8) is 0 Å². The number of carbonyl (C=O) groups is 2. The van der Waals surface area contributed by atoms with Crippen LogP contribution in [-0.4, -0.2) is 42.1 Å². The molecule has 1 saturated heterocycles. The van der Waals surface area contributed by atoms with Crippen molar-refractivity contribution in [2.24, 2.45) is 5.92 Å². The van der Waals surface area contributed by atoms with Gasteiger partial charge in [0.15, 0.2) is 16.6 Å². The highest BCUT2D eigenvalue weighted by Gasteiger charge is 2.48. The lowest BCUT2D eigenvalue weighted by Gasteiger charge is -2.24. The second kappa shape index (κ2) is 12.9. The normalized spacial score (nSPS) is 16.3. The van der Waals surface area contributed by atoms with Crippen LogP contribution in [0, 0.1) is 12.8 Å². The zero-order valence-electron chi connectivity index (χ0n) is 25.0. The standard InChI is InChI=1S/C34H36N2O6S/c1-6-16-41-24-11-8-22(9-12-24)31(37)29-30(23-10-14-26(27(19-23)40-5)42-17-15-20(2)3)36(33(39)32(29)38)34-35-25-13-7-21(4)18-28(25)43-34/h7-14,18-20,30,37H,6,15-17H2,1-5H3/b31-29+. The zero-order valence-corrected chi connectivity index (χ0v) is 25.9. The van der Waals surface area contributed by atoms with Crippen molar-refractivity contribution >= 4 is 44.1 Å². The van der Waals surface area contributed by atoms with Crippen molar-refractivity contribution < 1.29 is 28.9 Å². The van der Waals surface area contributed by atoms with E-state index in [9.17, 15) is 14.7 Å². The first kappa shape index (κ1) is 30.1. The average Bonchev–Trinajstić information content (AvgIpc) is 3.53. The molecule has 1 atom stereocenters. The van der Waals surface area contributed by atoms with E-state index in [2.05, 4.69) is 13.8 Å². The van der Waals surface area contributed by atoms with Gasteiger partial charge >= 0.3 is 5.91 Å². The number of nitrogens with zero attached hydrogens (tertiary/aromatic N) is 2. The molecule has 1 unspecified atom stereocenters. The molecular weight excluding hydrogens is 564 g/mol. The van der Waals surface area contributed by atoms with Crippen molar-refractivity contribution in [1.29, 1.82) is 0 Å². The third kappa shape index (κ3) is 6.22. The van der Waals surface area contributed by atoms with E-state index in [1.165, 1.54) is 16.2 Å². The van der Waals surface area contributed by atoms with Crippen molar-refractivity contribution in [3.8, 4) is 17.2 Å². The number of amides is 1. The number of ketones is 1. The minimum absolute atomic E-state index is 0.0295. The van der Waals surface area contributed by atoms with Crippen LogP contribution in [-0.2, 0) is 9.59 Å². The van der Waals surface area contributed by atoms with Gasteiger partial charge in [0.1, 0.15) is 11.5 Å². The van der Waals surface area contributed by atoms with Crippen molar-refractivity contribution in [2.75, 3.05) is 25.2 Å². The van der Waals surface area contributed by atoms with Gasteiger partial charge in [-0.1, -0.05) is 44.2 Å². The number of hydrogen-bond donors (Lipinski definition) is 1. The van der Waals surface area contributed by atoms with Crippen LogP contribution in [0.1, 0.15) is 56.3 Å². The van der Waals surface area contributed by atoms with E-state index in [0.29, 0.717) is 52.6 Å². The number of aliphatic hydroxyl groups is 1. The fraction of sp³-hybridized carbons (Fsp3) is 0.324. The third-order valence-corrected chi connectivity index (χ3v) is 8.26. The molecule has 1 fully saturated rings. The van der Waals surface area contributed by atoms with Gasteiger partial charge in [0.25, 0.3) is 5.78 Å². The molecule has 1 aromatic heterocycles. The van der Waals surface area contributed by atoms with Crippen LogP contribution in [0.25, 0.3) is 16.0 Å². The number of benzene rings is 3. The molecule has 9 heteroatoms. The second-order valence-electron chi connectivity index (χ2n) is 11.0. The number of anilines is 1. The number of methoxy groups -OCH3 is 1. The monoisotopic (exact) mass is 600 g/mol. The van der Waals surface area contributed by atoms with Crippen molar-refractivity contribution in [3.05, 3.63) is 82.9 Å². The summed E-state index contributed by atoms with van der Waals surface area (Å²) in [5.74, 6) is 0.321. The molecule has 0 radical (unpaired) electrons. The summed E-state index contributed by atoms with van der Waals surface area (Å²) in [5.41, 5.74) is 2.73. The van der Waals surface area contributed by atoms with Crippen LogP contribution < -0.4 is 19.1 Å². The Morgan fingerprint density at radius 1 is 1.00 bits per heavy atom. The fourth-order valence-corrected chi connectivity index (χ4v) is 6.02. The number of rotatable bonds is 11. The van der Waals surface area contributed by atoms with E-state index in [0.717, 1.165) is 28.6 Å². The Labute approximate surface area is 255 Å². The predicted octanol–water partition coefficient (Wildman–Crippen LogP) is 7.45. The lowest BCUT2D eigenvalue weighted by Crippen LogP contribution is -2.29. The summed E-state index contributed by atoms with van der Waals surface area (Å²) in [5, 5.41) is 11.9. The Balaban J connectivity index is 1.63. The number of aryl methyl sites for hydroxylation is 1. The molecule has 1 amide bonds. The quantitative estimate of drug-likeness (QED) is 0.108. The maximum absolute atomic E-state index is 13.7. The van der Waals surface area contributed by atoms with Gasteiger partial charge in [-0.05, 0) is 85.3 Å². The Morgan fingerprint density at radius 2 is 1.77 bits per heavy atom. The fourth-order valence-electron chi connectivity index (χ4n) is 4.93. The highest BCUT2D eigenvalue weighted by atomic mass is 32.1. The molecule has 224 valence electrons. The topological polar surface area (TPSA) is 98.2 Å². The number of aliphatic hydroxyl groups excluding tert-OH is 1. The third-order valence-electron chi connectivity index (χ3n) is 7.24. The summed E-state index contributed by atoms with van der Waals surface area (Å²) in [6.45, 7) is 9.35. The van der Waals surface area contributed by atoms with Gasteiger partial charge in [0, 0.05) is 5.56 Å². The highest BCUT2D eigenvalue weighted by Crippen LogP contribution is 2.46. The maximum atomic E-state index is 13.7. The Hall–Kier alpha value is -4.37. The number of thiazole rings is 1. The molecule has 3 aromatic carbocycles. The Kier molecular flexibility index (Phi) is 9.01. The number of ether oxygens (including phenoxy) is 3. The summed E-state index contributed by atoms with van der Waals surface area (Å²) in [4.78, 5) is 33.5. The summed E-state index contributed by atoms with van der Waals surface area (Å²) in [6, 6.07) is 17.0. The van der Waals surface area contributed by atoms with Gasteiger partial charge in [0.2, 0.25) is 0 Å². The van der Waals surface area contributed by atoms with Crippen LogP contribution in [0.15, 0.2) is 66.2 Å². The predicted molar refractivity (Wildman–Crippen MR) is 169 cm³/mol. The van der Waals surface area contributed by atoms with Crippen molar-refractivity contribution in [2.45, 2.75) is 46.6 Å². The van der Waals surface area contributed by atoms with Crippen LogP contribution in [0.4, 0.5) is 5.13 Å². The summed E-state index contributed by atoms with van der Waals surface area (Å²) < 4.78 is 18.2. The number of carbonyl (C=O) groups excluding carboxylic acids is 2. The molecule has 0 aliphatic carbocycles. The molecule has 1 aliphatic heterocycles. The molecule has 0 bridgehead atoms. The molecule has 8 nitrogen and oxygen atoms in total. The van der Waals surface area contributed by atoms with Crippen molar-refractivity contribution in [1.82, 2.24) is 4.98 Å². The van der Waals surface area contributed by atoms with Gasteiger partial charge in [0.05, 0.1) is 42.2 Å². The molecule has 0 saturated carbocycles. The highest BCUT2D eigenvalue weighted by molar-refractivity contribution is 7.22. The second-order valence-corrected chi connectivity index (χ2v) is 12.0. The SMILES string of the molecule is CCCOc1ccc(/C(O)=C2\C(=O)C(=O)N(c3nc4ccc(C)cc4s3)C2c2ccc(OCCC(C)C)c(OC)c2)cc1. The van der Waals surface area contributed by atoms with Crippen LogP contribution >= 0.6 is 11.3 Å². The molecule has 2 heterocycles. The first-order chi connectivity index (χ1) is 20.7. The minimum Gasteiger partial charge on any atom is -0.507 e. The number of hydrogen-bond acceptors (Lipinski definition) is 8. The maximum Gasteiger partial charge on any atom is 0.301 e. The molecule has 5 rings (SSSR count). The minimum atomic E-state index is -0.948. The lowest BCUT2D eigenvalue weighted by molar-refractivity contribution is -0.132. The summed E-state index contributed by atoms with van der Waals surface area (Å²) in [7, 11) is 1.55. The molecule has 4 aromatic rings. The van der Waals surface area contributed by atoms with Gasteiger partial charge < -0.3 is 19.3 Å².